The van der Waals surface area contributed by atoms with Crippen LogP contribution in [0.3, 0.4) is 0 Å². The van der Waals surface area contributed by atoms with E-state index in [0.29, 0.717) is 12.3 Å². The summed E-state index contributed by atoms with van der Waals surface area (Å²) in [7, 11) is 0. The highest BCUT2D eigenvalue weighted by molar-refractivity contribution is 5.69. The molecule has 1 N–H and O–H groups in total. The number of hydrogen-bond donors (Lipinski definition) is 1. The quantitative estimate of drug-likeness (QED) is 0.674. The van der Waals surface area contributed by atoms with Gasteiger partial charge in [-0.2, -0.15) is 0 Å². The minimum absolute atomic E-state index is 0.0521. The van der Waals surface area contributed by atoms with E-state index in [9.17, 15) is 4.79 Å². The standard InChI is InChI=1S/C10H19NO2/c1-8(2)6-10(12)13-9-4-3-5-11-7-9/h8-9,11H,3-7H2,1-2H3/t9-/m0/s1. The second kappa shape index (κ2) is 5.22. The van der Waals surface area contributed by atoms with Gasteiger partial charge in [0.1, 0.15) is 6.10 Å². The lowest BCUT2D eigenvalue weighted by molar-refractivity contribution is -0.150. The molecule has 0 amide bonds. The van der Waals surface area contributed by atoms with Crippen molar-refractivity contribution in [3.8, 4) is 0 Å². The van der Waals surface area contributed by atoms with Gasteiger partial charge in [0.05, 0.1) is 0 Å². The van der Waals surface area contributed by atoms with Gasteiger partial charge in [0.15, 0.2) is 0 Å². The Labute approximate surface area is 79.8 Å². The zero-order chi connectivity index (χ0) is 9.68. The second-order valence-electron chi connectivity index (χ2n) is 4.06. The average molecular weight is 185 g/mol. The van der Waals surface area contributed by atoms with Crippen LogP contribution in [0.15, 0.2) is 0 Å². The van der Waals surface area contributed by atoms with E-state index in [4.69, 9.17) is 4.74 Å². The monoisotopic (exact) mass is 185 g/mol. The molecule has 0 saturated carbocycles. The van der Waals surface area contributed by atoms with E-state index in [2.05, 4.69) is 5.32 Å². The van der Waals surface area contributed by atoms with Crippen LogP contribution >= 0.6 is 0 Å². The van der Waals surface area contributed by atoms with Crippen molar-refractivity contribution in [2.24, 2.45) is 5.92 Å². The summed E-state index contributed by atoms with van der Waals surface area (Å²) in [6, 6.07) is 0. The van der Waals surface area contributed by atoms with Crippen molar-refractivity contribution >= 4 is 5.97 Å². The molecule has 13 heavy (non-hydrogen) atoms. The fourth-order valence-corrected chi connectivity index (χ4v) is 1.49. The molecule has 76 valence electrons. The van der Waals surface area contributed by atoms with E-state index in [1.165, 1.54) is 0 Å². The Kier molecular flexibility index (Phi) is 4.22. The van der Waals surface area contributed by atoms with E-state index in [-0.39, 0.29) is 12.1 Å². The third-order valence-electron chi connectivity index (χ3n) is 2.12. The van der Waals surface area contributed by atoms with Gasteiger partial charge in [0.2, 0.25) is 0 Å². The molecule has 0 bridgehead atoms. The number of carbonyl (C=O) groups is 1. The Hall–Kier alpha value is -0.570. The van der Waals surface area contributed by atoms with E-state index in [1.807, 2.05) is 13.8 Å². The van der Waals surface area contributed by atoms with Gasteiger partial charge in [-0.1, -0.05) is 13.8 Å². The van der Waals surface area contributed by atoms with Crippen LogP contribution in [0.25, 0.3) is 0 Å². The Morgan fingerprint density at radius 1 is 1.62 bits per heavy atom. The molecule has 0 spiro atoms. The van der Waals surface area contributed by atoms with Gasteiger partial charge < -0.3 is 10.1 Å². The molecule has 0 unspecified atom stereocenters. The number of hydrogen-bond acceptors (Lipinski definition) is 3. The molecule has 1 aliphatic heterocycles. The number of esters is 1. The van der Waals surface area contributed by atoms with Gasteiger partial charge in [0, 0.05) is 13.0 Å². The average Bonchev–Trinajstić information content (AvgIpc) is 2.04. The van der Waals surface area contributed by atoms with Crippen molar-refractivity contribution in [1.82, 2.24) is 5.32 Å². The predicted molar refractivity (Wildman–Crippen MR) is 51.4 cm³/mol. The third-order valence-corrected chi connectivity index (χ3v) is 2.12. The molecule has 1 atom stereocenters. The smallest absolute Gasteiger partial charge is 0.306 e. The maximum atomic E-state index is 11.3. The summed E-state index contributed by atoms with van der Waals surface area (Å²) in [5.74, 6) is 0.341. The van der Waals surface area contributed by atoms with Gasteiger partial charge in [-0.15, -0.1) is 0 Å². The van der Waals surface area contributed by atoms with Gasteiger partial charge in [-0.3, -0.25) is 4.79 Å². The minimum atomic E-state index is -0.0521. The fourth-order valence-electron chi connectivity index (χ4n) is 1.49. The van der Waals surface area contributed by atoms with Crippen LogP contribution < -0.4 is 5.32 Å². The summed E-state index contributed by atoms with van der Waals surface area (Å²) in [5, 5.41) is 3.22. The Bertz CT molecular complexity index is 162. The molecular weight excluding hydrogens is 166 g/mol. The van der Waals surface area contributed by atoms with Crippen LogP contribution in [-0.4, -0.2) is 25.2 Å². The maximum Gasteiger partial charge on any atom is 0.306 e. The van der Waals surface area contributed by atoms with Crippen LogP contribution in [0.5, 0.6) is 0 Å². The van der Waals surface area contributed by atoms with Gasteiger partial charge in [-0.25, -0.2) is 0 Å². The second-order valence-corrected chi connectivity index (χ2v) is 4.06. The normalized spacial score (nSPS) is 23.2. The molecule has 1 heterocycles. The highest BCUT2D eigenvalue weighted by Crippen LogP contribution is 2.09. The first-order valence-electron chi connectivity index (χ1n) is 5.08. The lowest BCUT2D eigenvalue weighted by Crippen LogP contribution is -2.36. The molecule has 0 aliphatic carbocycles. The number of nitrogens with one attached hydrogen (secondary N) is 1. The Balaban J connectivity index is 2.18. The SMILES string of the molecule is CC(C)CC(=O)O[C@H]1CCCNC1. The molecule has 1 rings (SSSR count). The van der Waals surface area contributed by atoms with Gasteiger partial charge in [0.25, 0.3) is 0 Å². The molecule has 3 nitrogen and oxygen atoms in total. The van der Waals surface area contributed by atoms with Crippen LogP contribution in [0.2, 0.25) is 0 Å². The summed E-state index contributed by atoms with van der Waals surface area (Å²) in [6.07, 6.45) is 2.77. The van der Waals surface area contributed by atoms with Crippen molar-refractivity contribution in [3.05, 3.63) is 0 Å². The highest BCUT2D eigenvalue weighted by atomic mass is 16.5. The number of ether oxygens (including phenoxy) is 1. The summed E-state index contributed by atoms with van der Waals surface area (Å²) < 4.78 is 5.30. The molecule has 3 heteroatoms. The largest absolute Gasteiger partial charge is 0.461 e. The van der Waals surface area contributed by atoms with E-state index < -0.39 is 0 Å². The molecular formula is C10H19NO2. The van der Waals surface area contributed by atoms with Crippen molar-refractivity contribution in [2.45, 2.75) is 39.2 Å². The predicted octanol–water partition coefficient (Wildman–Crippen LogP) is 1.33. The number of carbonyl (C=O) groups excluding carboxylic acids is 1. The number of rotatable bonds is 3. The van der Waals surface area contributed by atoms with Gasteiger partial charge >= 0.3 is 5.97 Å². The number of piperidine rings is 1. The van der Waals surface area contributed by atoms with E-state index in [0.717, 1.165) is 25.9 Å². The summed E-state index contributed by atoms with van der Waals surface area (Å²) in [4.78, 5) is 11.3. The molecule has 1 saturated heterocycles. The first-order chi connectivity index (χ1) is 6.18. The van der Waals surface area contributed by atoms with Crippen LogP contribution in [0.4, 0.5) is 0 Å². The molecule has 0 aromatic heterocycles. The Morgan fingerprint density at radius 2 is 2.38 bits per heavy atom. The first kappa shape index (κ1) is 10.5. The molecule has 0 aromatic carbocycles. The molecule has 1 fully saturated rings. The molecule has 1 aliphatic rings. The van der Waals surface area contributed by atoms with Crippen LogP contribution in [0, 0.1) is 5.92 Å². The third kappa shape index (κ3) is 4.27. The lowest BCUT2D eigenvalue weighted by Gasteiger charge is -2.23. The highest BCUT2D eigenvalue weighted by Gasteiger charge is 2.17. The topological polar surface area (TPSA) is 38.3 Å². The fraction of sp³-hybridized carbons (Fsp3) is 0.900. The summed E-state index contributed by atoms with van der Waals surface area (Å²) >= 11 is 0. The van der Waals surface area contributed by atoms with Crippen LogP contribution in [0.1, 0.15) is 33.1 Å². The van der Waals surface area contributed by atoms with Crippen molar-refractivity contribution in [2.75, 3.05) is 13.1 Å². The van der Waals surface area contributed by atoms with Crippen molar-refractivity contribution in [1.29, 1.82) is 0 Å². The maximum absolute atomic E-state index is 11.3. The molecule has 0 aromatic rings. The van der Waals surface area contributed by atoms with Crippen molar-refractivity contribution < 1.29 is 9.53 Å². The Morgan fingerprint density at radius 3 is 2.92 bits per heavy atom. The van der Waals surface area contributed by atoms with E-state index >= 15 is 0 Å². The van der Waals surface area contributed by atoms with E-state index in [1.54, 1.807) is 0 Å². The summed E-state index contributed by atoms with van der Waals surface area (Å²) in [6.45, 7) is 5.93. The summed E-state index contributed by atoms with van der Waals surface area (Å²) in [5.41, 5.74) is 0. The van der Waals surface area contributed by atoms with Gasteiger partial charge in [-0.05, 0) is 25.3 Å². The first-order valence-corrected chi connectivity index (χ1v) is 5.08. The lowest BCUT2D eigenvalue weighted by atomic mass is 10.1. The zero-order valence-electron chi connectivity index (χ0n) is 8.51. The zero-order valence-corrected chi connectivity index (χ0v) is 8.51. The molecule has 0 radical (unpaired) electrons. The minimum Gasteiger partial charge on any atom is -0.461 e. The van der Waals surface area contributed by atoms with Crippen LogP contribution in [-0.2, 0) is 9.53 Å². The van der Waals surface area contributed by atoms with Crippen molar-refractivity contribution in [3.63, 3.8) is 0 Å².